The molecular weight excluding hydrogens is 478 g/mol. The Morgan fingerprint density at radius 1 is 1.00 bits per heavy atom. The van der Waals surface area contributed by atoms with Crippen LogP contribution >= 0.6 is 0 Å². The van der Waals surface area contributed by atoms with Crippen molar-refractivity contribution in [1.29, 1.82) is 0 Å². The van der Waals surface area contributed by atoms with Gasteiger partial charge in [0.25, 0.3) is 11.8 Å². The molecule has 0 radical (unpaired) electrons. The summed E-state index contributed by atoms with van der Waals surface area (Å²) < 4.78 is 1.73. The molecule has 0 unspecified atom stereocenters. The van der Waals surface area contributed by atoms with Crippen molar-refractivity contribution in [2.24, 2.45) is 0 Å². The van der Waals surface area contributed by atoms with Gasteiger partial charge in [0.15, 0.2) is 5.65 Å². The van der Waals surface area contributed by atoms with Crippen LogP contribution in [0, 0.1) is 13.8 Å². The summed E-state index contributed by atoms with van der Waals surface area (Å²) >= 11 is 0. The second kappa shape index (κ2) is 9.08. The highest BCUT2D eigenvalue weighted by Gasteiger charge is 2.40. The van der Waals surface area contributed by atoms with Crippen LogP contribution in [0.2, 0.25) is 0 Å². The Labute approximate surface area is 222 Å². The molecule has 0 aliphatic carbocycles. The number of hydrogen-bond donors (Lipinski definition) is 1. The van der Waals surface area contributed by atoms with Gasteiger partial charge in [0, 0.05) is 37.0 Å². The molecular formula is C29H35N7O2. The zero-order valence-electron chi connectivity index (χ0n) is 23.2. The van der Waals surface area contributed by atoms with Crippen LogP contribution in [0.15, 0.2) is 42.7 Å². The number of hydrogen-bond acceptors (Lipinski definition) is 5. The highest BCUT2D eigenvalue weighted by atomic mass is 16.2. The van der Waals surface area contributed by atoms with Crippen molar-refractivity contribution in [2.45, 2.75) is 59.4 Å². The summed E-state index contributed by atoms with van der Waals surface area (Å²) in [6, 6.07) is 10.3. The predicted octanol–water partition coefficient (Wildman–Crippen LogP) is 4.41. The van der Waals surface area contributed by atoms with Gasteiger partial charge in [0.1, 0.15) is 17.2 Å². The molecule has 1 aliphatic heterocycles. The fraction of sp³-hybridized carbons (Fsp3) is 0.414. The molecule has 0 spiro atoms. The van der Waals surface area contributed by atoms with E-state index in [4.69, 9.17) is 10.1 Å². The molecule has 4 aromatic rings. The minimum absolute atomic E-state index is 0.134. The first-order chi connectivity index (χ1) is 17.8. The molecule has 1 saturated heterocycles. The minimum atomic E-state index is -0.584. The van der Waals surface area contributed by atoms with Gasteiger partial charge in [-0.15, -0.1) is 0 Å². The van der Waals surface area contributed by atoms with E-state index in [0.29, 0.717) is 42.5 Å². The van der Waals surface area contributed by atoms with Crippen LogP contribution < -0.4 is 0 Å². The van der Waals surface area contributed by atoms with E-state index in [9.17, 15) is 9.59 Å². The third-order valence-electron chi connectivity index (χ3n) is 7.13. The van der Waals surface area contributed by atoms with Gasteiger partial charge in [0.2, 0.25) is 0 Å². The molecule has 2 amide bonds. The monoisotopic (exact) mass is 513 g/mol. The molecule has 0 bridgehead atoms. The molecule has 4 heterocycles. The van der Waals surface area contributed by atoms with Crippen LogP contribution in [0.4, 0.5) is 0 Å². The van der Waals surface area contributed by atoms with Crippen molar-refractivity contribution in [3.05, 3.63) is 71.1 Å². The highest BCUT2D eigenvalue weighted by Crippen LogP contribution is 2.31. The van der Waals surface area contributed by atoms with Crippen LogP contribution in [-0.2, 0) is 5.41 Å². The summed E-state index contributed by atoms with van der Waals surface area (Å²) in [5.74, 6) is 0.396. The lowest BCUT2D eigenvalue weighted by molar-refractivity contribution is 0.0163. The molecule has 9 nitrogen and oxygen atoms in total. The number of fused-ring (bicyclic) bond motifs is 1. The van der Waals surface area contributed by atoms with E-state index < -0.39 is 5.54 Å². The molecule has 0 saturated carbocycles. The van der Waals surface area contributed by atoms with Crippen LogP contribution in [0.5, 0.6) is 0 Å². The summed E-state index contributed by atoms with van der Waals surface area (Å²) in [4.78, 5) is 42.4. The second-order valence-electron chi connectivity index (χ2n) is 11.8. The number of nitrogens with zero attached hydrogens (tertiary/aromatic N) is 6. The first-order valence-corrected chi connectivity index (χ1v) is 12.9. The summed E-state index contributed by atoms with van der Waals surface area (Å²) in [6.45, 7) is 15.5. The van der Waals surface area contributed by atoms with Crippen molar-refractivity contribution in [3.63, 3.8) is 0 Å². The van der Waals surface area contributed by atoms with Crippen LogP contribution in [0.1, 0.15) is 72.5 Å². The molecule has 38 heavy (non-hydrogen) atoms. The van der Waals surface area contributed by atoms with Crippen molar-refractivity contribution < 1.29 is 9.59 Å². The van der Waals surface area contributed by atoms with Gasteiger partial charge in [-0.1, -0.05) is 44.5 Å². The van der Waals surface area contributed by atoms with Crippen molar-refractivity contribution in [2.75, 3.05) is 19.6 Å². The number of carbonyl (C=O) groups is 2. The number of rotatable bonds is 3. The normalized spacial score (nSPS) is 15.8. The Kier molecular flexibility index (Phi) is 6.12. The van der Waals surface area contributed by atoms with Crippen molar-refractivity contribution in [3.8, 4) is 11.3 Å². The maximum absolute atomic E-state index is 13.8. The number of imidazole rings is 2. The lowest BCUT2D eigenvalue weighted by Crippen LogP contribution is -2.62. The lowest BCUT2D eigenvalue weighted by atomic mass is 9.87. The van der Waals surface area contributed by atoms with E-state index in [2.05, 4.69) is 55.9 Å². The van der Waals surface area contributed by atoms with E-state index >= 15 is 0 Å². The summed E-state index contributed by atoms with van der Waals surface area (Å²) in [5, 5.41) is 4.84. The molecule has 1 N–H and O–H groups in total. The molecule has 9 heteroatoms. The van der Waals surface area contributed by atoms with E-state index in [1.54, 1.807) is 21.8 Å². The van der Waals surface area contributed by atoms with Crippen LogP contribution in [0.3, 0.4) is 0 Å². The number of H-pyrrole nitrogens is 1. The number of aromatic amines is 1. The first kappa shape index (κ1) is 25.6. The van der Waals surface area contributed by atoms with Gasteiger partial charge in [-0.25, -0.2) is 14.5 Å². The summed E-state index contributed by atoms with van der Waals surface area (Å²) in [5.41, 5.74) is 4.67. The smallest absolute Gasteiger partial charge is 0.274 e. The number of nitrogens with one attached hydrogen (secondary N) is 1. The van der Waals surface area contributed by atoms with E-state index in [0.717, 1.165) is 22.4 Å². The summed E-state index contributed by atoms with van der Waals surface area (Å²) in [6.07, 6.45) is 3.36. The maximum Gasteiger partial charge on any atom is 0.274 e. The van der Waals surface area contributed by atoms with Crippen LogP contribution in [-0.4, -0.2) is 71.4 Å². The van der Waals surface area contributed by atoms with Gasteiger partial charge in [-0.3, -0.25) is 9.59 Å². The maximum atomic E-state index is 13.8. The second-order valence-corrected chi connectivity index (χ2v) is 11.8. The molecule has 5 rings (SSSR count). The Morgan fingerprint density at radius 2 is 1.76 bits per heavy atom. The standard InChI is InChI=1S/C29H35N7O2/c1-18-9-8-10-20(13-18)22-14-21(28(3,4)5)25-32-24(16-36(25)33-22)27(38)35-12-11-34(17-29(35,6)7)26(37)23-15-30-19(2)31-23/h8-10,13-16H,11-12,17H2,1-7H3,(H,30,31). The van der Waals surface area contributed by atoms with Crippen LogP contribution in [0.25, 0.3) is 16.9 Å². The Bertz CT molecular complexity index is 1540. The fourth-order valence-corrected chi connectivity index (χ4v) is 5.11. The summed E-state index contributed by atoms with van der Waals surface area (Å²) in [7, 11) is 0. The largest absolute Gasteiger partial charge is 0.348 e. The first-order valence-electron chi connectivity index (χ1n) is 12.9. The quantitative estimate of drug-likeness (QED) is 0.437. The number of aromatic nitrogens is 5. The average Bonchev–Trinajstić information content (AvgIpc) is 3.47. The van der Waals surface area contributed by atoms with Crippen molar-refractivity contribution in [1.82, 2.24) is 34.4 Å². The molecule has 1 aromatic carbocycles. The Hall–Kier alpha value is -4.01. The van der Waals surface area contributed by atoms with Crippen molar-refractivity contribution >= 4 is 17.5 Å². The topological polar surface area (TPSA) is 99.5 Å². The predicted molar refractivity (Wildman–Crippen MR) is 146 cm³/mol. The lowest BCUT2D eigenvalue weighted by Gasteiger charge is -2.46. The number of amides is 2. The van der Waals surface area contributed by atoms with E-state index in [1.807, 2.05) is 37.8 Å². The zero-order chi connectivity index (χ0) is 27.4. The molecule has 0 atom stereocenters. The molecule has 3 aromatic heterocycles. The fourth-order valence-electron chi connectivity index (χ4n) is 5.11. The van der Waals surface area contributed by atoms with Gasteiger partial charge in [-0.05, 0) is 45.2 Å². The minimum Gasteiger partial charge on any atom is -0.348 e. The van der Waals surface area contributed by atoms with E-state index in [1.165, 1.54) is 0 Å². The van der Waals surface area contributed by atoms with Gasteiger partial charge in [0.05, 0.1) is 17.4 Å². The number of benzene rings is 1. The number of piperazine rings is 1. The van der Waals surface area contributed by atoms with Gasteiger partial charge >= 0.3 is 0 Å². The number of carbonyl (C=O) groups excluding carboxylic acids is 2. The average molecular weight is 514 g/mol. The third kappa shape index (κ3) is 4.68. The molecule has 198 valence electrons. The number of aryl methyl sites for hydroxylation is 2. The Balaban J connectivity index is 1.46. The van der Waals surface area contributed by atoms with E-state index in [-0.39, 0.29) is 17.2 Å². The molecule has 1 fully saturated rings. The van der Waals surface area contributed by atoms with Gasteiger partial charge < -0.3 is 14.8 Å². The SMILES string of the molecule is Cc1cccc(-c2cc(C(C)(C)C)c3nc(C(=O)N4CCN(C(=O)c5c[nH]c(C)n5)CC4(C)C)cn3n2)c1. The van der Waals surface area contributed by atoms with Gasteiger partial charge in [-0.2, -0.15) is 5.10 Å². The Morgan fingerprint density at radius 3 is 2.39 bits per heavy atom. The third-order valence-corrected chi connectivity index (χ3v) is 7.13. The highest BCUT2D eigenvalue weighted by molar-refractivity contribution is 5.95. The molecule has 1 aliphatic rings. The zero-order valence-corrected chi connectivity index (χ0v) is 23.2.